The average Bonchev–Trinajstić information content (AvgIpc) is 2.62. The number of hydrogen-bond acceptors (Lipinski definition) is 5. The van der Waals surface area contributed by atoms with Crippen LogP contribution in [-0.2, 0) is 4.79 Å². The zero-order valence-electron chi connectivity index (χ0n) is 8.34. The van der Waals surface area contributed by atoms with Gasteiger partial charge in [-0.15, -0.1) is 0 Å². The fraction of sp³-hybridized carbons (Fsp3) is 0.100. The predicted octanol–water partition coefficient (Wildman–Crippen LogP) is 1.42. The molecule has 0 unspecified atom stereocenters. The summed E-state index contributed by atoms with van der Waals surface area (Å²) < 4.78 is 0.523. The van der Waals surface area contributed by atoms with Gasteiger partial charge in [0.1, 0.15) is 0 Å². The van der Waals surface area contributed by atoms with E-state index in [1.54, 1.807) is 18.5 Å². The Hall–Kier alpha value is -1.40. The smallest absolute Gasteiger partial charge is 0.257 e. The second kappa shape index (κ2) is 4.63. The standard InChI is InChI=1S/C10H9N3OS2/c1-7(8-3-2-4-11-5-8)12-13-9(14)6-16-10(13)15/h2-5,12H,1,6H2. The van der Waals surface area contributed by atoms with Gasteiger partial charge in [0.05, 0.1) is 11.4 Å². The number of nitrogens with zero attached hydrogens (tertiary/aromatic N) is 2. The van der Waals surface area contributed by atoms with Crippen LogP contribution in [0.4, 0.5) is 0 Å². The Labute approximate surface area is 103 Å². The van der Waals surface area contributed by atoms with E-state index >= 15 is 0 Å². The van der Waals surface area contributed by atoms with Crippen LogP contribution in [0.5, 0.6) is 0 Å². The van der Waals surface area contributed by atoms with Crippen molar-refractivity contribution in [3.63, 3.8) is 0 Å². The maximum Gasteiger partial charge on any atom is 0.257 e. The number of aromatic nitrogens is 1. The lowest BCUT2D eigenvalue weighted by molar-refractivity contribution is -0.125. The molecule has 0 aliphatic carbocycles. The minimum Gasteiger partial charge on any atom is -0.290 e. The van der Waals surface area contributed by atoms with E-state index in [4.69, 9.17) is 12.2 Å². The highest BCUT2D eigenvalue weighted by Gasteiger charge is 2.27. The maximum absolute atomic E-state index is 11.4. The SMILES string of the molecule is C=C(NN1C(=O)CSC1=S)c1cccnc1. The maximum atomic E-state index is 11.4. The second-order valence-electron chi connectivity index (χ2n) is 3.12. The van der Waals surface area contributed by atoms with Crippen LogP contribution in [0.3, 0.4) is 0 Å². The van der Waals surface area contributed by atoms with Gasteiger partial charge in [-0.2, -0.15) is 0 Å². The van der Waals surface area contributed by atoms with E-state index in [0.717, 1.165) is 5.56 Å². The molecular formula is C10H9N3OS2. The molecule has 0 bridgehead atoms. The van der Waals surface area contributed by atoms with Crippen molar-refractivity contribution in [1.82, 2.24) is 15.4 Å². The van der Waals surface area contributed by atoms with Crippen molar-refractivity contribution >= 4 is 39.9 Å². The highest BCUT2D eigenvalue weighted by Crippen LogP contribution is 2.19. The van der Waals surface area contributed by atoms with E-state index in [-0.39, 0.29) is 5.91 Å². The Morgan fingerprint density at radius 1 is 1.69 bits per heavy atom. The molecule has 0 saturated carbocycles. The Bertz CT molecular complexity index is 431. The first-order valence-electron chi connectivity index (χ1n) is 4.54. The van der Waals surface area contributed by atoms with Gasteiger partial charge in [0.25, 0.3) is 5.91 Å². The number of carbonyl (C=O) groups is 1. The molecule has 0 spiro atoms. The van der Waals surface area contributed by atoms with Crippen molar-refractivity contribution < 1.29 is 4.79 Å². The molecule has 1 aliphatic rings. The lowest BCUT2D eigenvalue weighted by atomic mass is 10.2. The van der Waals surface area contributed by atoms with E-state index in [2.05, 4.69) is 17.0 Å². The van der Waals surface area contributed by atoms with Crippen molar-refractivity contribution in [2.45, 2.75) is 0 Å². The van der Waals surface area contributed by atoms with Gasteiger partial charge in [-0.1, -0.05) is 30.6 Å². The molecule has 0 aromatic carbocycles. The van der Waals surface area contributed by atoms with Gasteiger partial charge in [-0.25, -0.2) is 5.01 Å². The Kier molecular flexibility index (Phi) is 3.21. The monoisotopic (exact) mass is 251 g/mol. The van der Waals surface area contributed by atoms with Crippen LogP contribution in [0.25, 0.3) is 5.70 Å². The van der Waals surface area contributed by atoms with Gasteiger partial charge in [-0.05, 0) is 12.1 Å². The zero-order chi connectivity index (χ0) is 11.5. The highest BCUT2D eigenvalue weighted by molar-refractivity contribution is 8.23. The van der Waals surface area contributed by atoms with Crippen LogP contribution >= 0.6 is 24.0 Å². The molecule has 1 aromatic heterocycles. The quantitative estimate of drug-likeness (QED) is 0.823. The molecule has 1 N–H and O–H groups in total. The van der Waals surface area contributed by atoms with Gasteiger partial charge in [0, 0.05) is 18.0 Å². The first-order valence-corrected chi connectivity index (χ1v) is 5.93. The summed E-state index contributed by atoms with van der Waals surface area (Å²) in [6.07, 6.45) is 3.35. The number of thioether (sulfide) groups is 1. The Balaban J connectivity index is 2.08. The second-order valence-corrected chi connectivity index (χ2v) is 4.72. The fourth-order valence-electron chi connectivity index (χ4n) is 1.20. The van der Waals surface area contributed by atoms with Crippen molar-refractivity contribution in [1.29, 1.82) is 0 Å². The summed E-state index contributed by atoms with van der Waals surface area (Å²) in [4.78, 5) is 15.4. The van der Waals surface area contributed by atoms with Crippen molar-refractivity contribution in [3.8, 4) is 0 Å². The normalized spacial score (nSPS) is 15.4. The number of thiocarbonyl (C=S) groups is 1. The van der Waals surface area contributed by atoms with Crippen molar-refractivity contribution in [2.75, 3.05) is 5.75 Å². The van der Waals surface area contributed by atoms with E-state index in [1.807, 2.05) is 6.07 Å². The molecule has 1 aliphatic heterocycles. The lowest BCUT2D eigenvalue weighted by Gasteiger charge is -2.18. The van der Waals surface area contributed by atoms with E-state index in [0.29, 0.717) is 15.8 Å². The largest absolute Gasteiger partial charge is 0.290 e. The third-order valence-electron chi connectivity index (χ3n) is 2.01. The fourth-order valence-corrected chi connectivity index (χ4v) is 2.18. The summed E-state index contributed by atoms with van der Waals surface area (Å²) in [6.45, 7) is 3.84. The van der Waals surface area contributed by atoms with E-state index < -0.39 is 0 Å². The summed E-state index contributed by atoms with van der Waals surface area (Å²) in [5, 5.41) is 1.34. The number of nitrogens with one attached hydrogen (secondary N) is 1. The number of amides is 1. The number of hydrogen-bond donors (Lipinski definition) is 1. The summed E-state index contributed by atoms with van der Waals surface area (Å²) >= 11 is 6.37. The Morgan fingerprint density at radius 2 is 2.50 bits per heavy atom. The topological polar surface area (TPSA) is 45.2 Å². The number of hydrazine groups is 1. The van der Waals surface area contributed by atoms with Gasteiger partial charge in [-0.3, -0.25) is 15.2 Å². The summed E-state index contributed by atoms with van der Waals surface area (Å²) in [6, 6.07) is 3.67. The van der Waals surface area contributed by atoms with Gasteiger partial charge < -0.3 is 0 Å². The molecule has 1 aromatic rings. The van der Waals surface area contributed by atoms with Crippen LogP contribution in [0.15, 0.2) is 31.1 Å². The van der Waals surface area contributed by atoms with Gasteiger partial charge >= 0.3 is 0 Å². The number of rotatable bonds is 3. The van der Waals surface area contributed by atoms with Crippen molar-refractivity contribution in [2.24, 2.45) is 0 Å². The summed E-state index contributed by atoms with van der Waals surface area (Å²) in [5.74, 6) is 0.326. The van der Waals surface area contributed by atoms with Crippen LogP contribution in [0, 0.1) is 0 Å². The first-order chi connectivity index (χ1) is 7.68. The van der Waals surface area contributed by atoms with Crippen LogP contribution in [0.1, 0.15) is 5.56 Å². The van der Waals surface area contributed by atoms with Crippen LogP contribution < -0.4 is 5.43 Å². The van der Waals surface area contributed by atoms with Gasteiger partial charge in [0.15, 0.2) is 4.32 Å². The minimum atomic E-state index is -0.0555. The van der Waals surface area contributed by atoms with Gasteiger partial charge in [0.2, 0.25) is 0 Å². The molecule has 16 heavy (non-hydrogen) atoms. The lowest BCUT2D eigenvalue weighted by Crippen LogP contribution is -2.40. The third kappa shape index (κ3) is 2.23. The summed E-state index contributed by atoms with van der Waals surface area (Å²) in [5.41, 5.74) is 4.31. The first kappa shape index (κ1) is 11.1. The van der Waals surface area contributed by atoms with Crippen LogP contribution in [-0.4, -0.2) is 26.0 Å². The highest BCUT2D eigenvalue weighted by atomic mass is 32.2. The van der Waals surface area contributed by atoms with E-state index in [9.17, 15) is 4.79 Å². The van der Waals surface area contributed by atoms with Crippen LogP contribution in [0.2, 0.25) is 0 Å². The number of pyridine rings is 1. The molecule has 0 atom stereocenters. The third-order valence-corrected chi connectivity index (χ3v) is 3.36. The zero-order valence-corrected chi connectivity index (χ0v) is 9.98. The van der Waals surface area contributed by atoms with Crippen molar-refractivity contribution in [3.05, 3.63) is 36.7 Å². The summed E-state index contributed by atoms with van der Waals surface area (Å²) in [7, 11) is 0. The average molecular weight is 251 g/mol. The molecule has 2 rings (SSSR count). The molecule has 4 nitrogen and oxygen atoms in total. The number of carbonyl (C=O) groups excluding carboxylic acids is 1. The minimum absolute atomic E-state index is 0.0555. The molecule has 2 heterocycles. The molecular weight excluding hydrogens is 242 g/mol. The molecule has 82 valence electrons. The molecule has 1 amide bonds. The molecule has 1 fully saturated rings. The Morgan fingerprint density at radius 3 is 3.06 bits per heavy atom. The molecule has 6 heteroatoms. The molecule has 0 radical (unpaired) electrons. The molecule has 1 saturated heterocycles. The predicted molar refractivity (Wildman–Crippen MR) is 68.3 cm³/mol. The van der Waals surface area contributed by atoms with E-state index in [1.165, 1.54) is 16.8 Å².